The first-order valence-electron chi connectivity index (χ1n) is 11.9. The first-order valence-corrected chi connectivity index (χ1v) is 11.9. The minimum absolute atomic E-state index is 0.00498. The van der Waals surface area contributed by atoms with Crippen LogP contribution < -0.4 is 10.6 Å². The first kappa shape index (κ1) is 26.7. The number of alkyl halides is 4. The lowest BCUT2D eigenvalue weighted by Gasteiger charge is -2.33. The van der Waals surface area contributed by atoms with Crippen molar-refractivity contribution in [3.05, 3.63) is 30.2 Å². The SMILES string of the molecule is CN1CC[C@@H](Nc2cccc3c2cc(-c2nnc(CNC(=O)OC(C)(C)C)o2)n3CC(F)(F)F)[C@@H](F)C1. The molecule has 37 heavy (non-hydrogen) atoms. The average molecular weight is 527 g/mol. The highest BCUT2D eigenvalue weighted by atomic mass is 19.4. The van der Waals surface area contributed by atoms with E-state index in [-0.39, 0.29) is 36.1 Å². The van der Waals surface area contributed by atoms with Gasteiger partial charge in [-0.15, -0.1) is 10.2 Å². The number of carbonyl (C=O) groups excluding carboxylic acids is 1. The predicted octanol–water partition coefficient (Wildman–Crippen LogP) is 4.73. The third-order valence-electron chi connectivity index (χ3n) is 5.84. The lowest BCUT2D eigenvalue weighted by atomic mass is 10.0. The Morgan fingerprint density at radius 3 is 2.68 bits per heavy atom. The van der Waals surface area contributed by atoms with Crippen molar-refractivity contribution in [2.45, 2.75) is 64.3 Å². The van der Waals surface area contributed by atoms with Crippen molar-refractivity contribution in [1.29, 1.82) is 0 Å². The summed E-state index contributed by atoms with van der Waals surface area (Å²) in [6.07, 6.45) is -5.79. The molecule has 1 aliphatic heterocycles. The van der Waals surface area contributed by atoms with Crippen LogP contribution in [0.4, 0.5) is 28.0 Å². The third kappa shape index (κ3) is 6.70. The number of hydrogen-bond acceptors (Lipinski definition) is 7. The smallest absolute Gasteiger partial charge is 0.408 e. The van der Waals surface area contributed by atoms with Gasteiger partial charge in [-0.25, -0.2) is 9.18 Å². The van der Waals surface area contributed by atoms with Gasteiger partial charge in [0.1, 0.15) is 24.0 Å². The summed E-state index contributed by atoms with van der Waals surface area (Å²) in [5, 5.41) is 13.9. The van der Waals surface area contributed by atoms with Gasteiger partial charge in [-0.3, -0.25) is 0 Å². The van der Waals surface area contributed by atoms with Gasteiger partial charge in [-0.1, -0.05) is 6.07 Å². The molecule has 13 heteroatoms. The molecule has 0 unspecified atom stereocenters. The number of halogens is 4. The van der Waals surface area contributed by atoms with Gasteiger partial charge < -0.3 is 29.3 Å². The average Bonchev–Trinajstić information content (AvgIpc) is 3.37. The number of nitrogens with zero attached hydrogens (tertiary/aromatic N) is 4. The molecular weight excluding hydrogens is 496 g/mol. The molecule has 202 valence electrons. The molecule has 4 rings (SSSR count). The van der Waals surface area contributed by atoms with E-state index in [0.717, 1.165) is 4.57 Å². The molecule has 0 radical (unpaired) electrons. The molecule has 0 saturated carbocycles. The summed E-state index contributed by atoms with van der Waals surface area (Å²) < 4.78 is 67.0. The second-order valence-electron chi connectivity index (χ2n) is 10.1. The van der Waals surface area contributed by atoms with Crippen LogP contribution in [0.5, 0.6) is 0 Å². The molecule has 0 spiro atoms. The van der Waals surface area contributed by atoms with Crippen LogP contribution in [0.25, 0.3) is 22.5 Å². The Morgan fingerprint density at radius 1 is 1.24 bits per heavy atom. The summed E-state index contributed by atoms with van der Waals surface area (Å²) in [7, 11) is 1.84. The van der Waals surface area contributed by atoms with Crippen molar-refractivity contribution >= 4 is 22.7 Å². The predicted molar refractivity (Wildman–Crippen MR) is 129 cm³/mol. The normalized spacial score (nSPS) is 19.2. The number of anilines is 1. The van der Waals surface area contributed by atoms with E-state index in [1.807, 2.05) is 11.9 Å². The number of amides is 1. The van der Waals surface area contributed by atoms with Gasteiger partial charge in [0.2, 0.25) is 5.89 Å². The highest BCUT2D eigenvalue weighted by molar-refractivity contribution is 5.96. The number of ether oxygens (including phenoxy) is 1. The molecule has 2 aromatic heterocycles. The Kier molecular flexibility index (Phi) is 7.36. The molecule has 0 bridgehead atoms. The van der Waals surface area contributed by atoms with E-state index in [4.69, 9.17) is 9.15 Å². The topological polar surface area (TPSA) is 97.5 Å². The Hall–Kier alpha value is -3.35. The van der Waals surface area contributed by atoms with Crippen molar-refractivity contribution in [3.8, 4) is 11.6 Å². The maximum absolute atomic E-state index is 14.6. The third-order valence-corrected chi connectivity index (χ3v) is 5.84. The molecule has 2 N–H and O–H groups in total. The highest BCUT2D eigenvalue weighted by Crippen LogP contribution is 2.35. The fourth-order valence-corrected chi connectivity index (χ4v) is 4.25. The van der Waals surface area contributed by atoms with Crippen molar-refractivity contribution in [2.24, 2.45) is 0 Å². The Bertz CT molecular complexity index is 1250. The van der Waals surface area contributed by atoms with Crippen molar-refractivity contribution in [1.82, 2.24) is 25.0 Å². The zero-order valence-electron chi connectivity index (χ0n) is 21.0. The molecule has 1 amide bonds. The zero-order chi connectivity index (χ0) is 27.0. The summed E-state index contributed by atoms with van der Waals surface area (Å²) >= 11 is 0. The number of alkyl carbamates (subject to hydrolysis) is 1. The number of hydrogen-bond donors (Lipinski definition) is 2. The van der Waals surface area contributed by atoms with E-state index < -0.39 is 36.6 Å². The summed E-state index contributed by atoms with van der Waals surface area (Å²) in [6, 6.07) is 5.93. The lowest BCUT2D eigenvalue weighted by molar-refractivity contribution is -0.139. The van der Waals surface area contributed by atoms with E-state index in [1.54, 1.807) is 39.0 Å². The molecule has 9 nitrogen and oxygen atoms in total. The number of benzene rings is 1. The number of aromatic nitrogens is 3. The van der Waals surface area contributed by atoms with Crippen molar-refractivity contribution in [2.75, 3.05) is 25.5 Å². The van der Waals surface area contributed by atoms with Crippen molar-refractivity contribution in [3.63, 3.8) is 0 Å². The van der Waals surface area contributed by atoms with Crippen molar-refractivity contribution < 1.29 is 31.5 Å². The molecule has 1 saturated heterocycles. The monoisotopic (exact) mass is 526 g/mol. The Balaban J connectivity index is 1.63. The second kappa shape index (κ2) is 10.2. The molecular formula is C24H30F4N6O3. The Labute approximate surface area is 211 Å². The van der Waals surface area contributed by atoms with Crippen LogP contribution in [0.3, 0.4) is 0 Å². The molecule has 1 aliphatic rings. The maximum atomic E-state index is 14.6. The van der Waals surface area contributed by atoms with Crippen LogP contribution in [0.2, 0.25) is 0 Å². The van der Waals surface area contributed by atoms with Crippen LogP contribution >= 0.6 is 0 Å². The maximum Gasteiger partial charge on any atom is 0.408 e. The fourth-order valence-electron chi connectivity index (χ4n) is 4.25. The summed E-state index contributed by atoms with van der Waals surface area (Å²) in [6.45, 7) is 4.65. The van der Waals surface area contributed by atoms with Gasteiger partial charge in [0.25, 0.3) is 5.89 Å². The number of nitrogens with one attached hydrogen (secondary N) is 2. The second-order valence-corrected chi connectivity index (χ2v) is 10.1. The molecule has 2 atom stereocenters. The van der Waals surface area contributed by atoms with Crippen LogP contribution in [0.1, 0.15) is 33.1 Å². The number of piperidine rings is 1. The lowest BCUT2D eigenvalue weighted by Crippen LogP contribution is -2.46. The van der Waals surface area contributed by atoms with Crippen LogP contribution in [0.15, 0.2) is 28.7 Å². The Morgan fingerprint density at radius 2 is 2.00 bits per heavy atom. The van der Waals surface area contributed by atoms with Gasteiger partial charge in [0.05, 0.1) is 18.1 Å². The van der Waals surface area contributed by atoms with E-state index >= 15 is 0 Å². The van der Waals surface area contributed by atoms with Gasteiger partial charge in [-0.2, -0.15) is 13.2 Å². The molecule has 1 aromatic carbocycles. The van der Waals surface area contributed by atoms with Gasteiger partial charge >= 0.3 is 12.3 Å². The van der Waals surface area contributed by atoms with E-state index in [2.05, 4.69) is 20.8 Å². The highest BCUT2D eigenvalue weighted by Gasteiger charge is 2.32. The quantitative estimate of drug-likeness (QED) is 0.448. The number of rotatable bonds is 6. The number of fused-ring (bicyclic) bond motifs is 1. The van der Waals surface area contributed by atoms with Gasteiger partial charge in [0.15, 0.2) is 0 Å². The largest absolute Gasteiger partial charge is 0.444 e. The minimum atomic E-state index is -4.52. The molecule has 3 aromatic rings. The molecule has 0 aliphatic carbocycles. The summed E-state index contributed by atoms with van der Waals surface area (Å²) in [4.78, 5) is 13.8. The number of carbonyl (C=O) groups is 1. The van der Waals surface area contributed by atoms with E-state index in [0.29, 0.717) is 24.0 Å². The first-order chi connectivity index (χ1) is 17.3. The standard InChI is InChI=1S/C24H30F4N6O3/c1-23(2,3)37-22(35)29-11-20-31-32-21(36-20)19-10-14-16(30-17-8-9-33(4)12-15(17)25)6-5-7-18(14)34(19)13-24(26,27)28/h5-7,10,15,17,30H,8-9,11-13H2,1-4H3,(H,29,35)/t15-,17+/m0/s1. The van der Waals surface area contributed by atoms with Crippen LogP contribution in [0, 0.1) is 0 Å². The zero-order valence-corrected chi connectivity index (χ0v) is 21.0. The van der Waals surface area contributed by atoms with Crippen LogP contribution in [-0.2, 0) is 17.8 Å². The van der Waals surface area contributed by atoms with Crippen LogP contribution in [-0.4, -0.2) is 69.9 Å². The molecule has 3 heterocycles. The summed E-state index contributed by atoms with van der Waals surface area (Å²) in [5.74, 6) is -0.148. The van der Waals surface area contributed by atoms with Gasteiger partial charge in [0, 0.05) is 24.2 Å². The fraction of sp³-hybridized carbons (Fsp3) is 0.542. The summed E-state index contributed by atoms with van der Waals surface area (Å²) in [5.41, 5.74) is 0.151. The number of likely N-dealkylation sites (tertiary alicyclic amines) is 1. The minimum Gasteiger partial charge on any atom is -0.444 e. The molecule has 1 fully saturated rings. The van der Waals surface area contributed by atoms with Gasteiger partial charge in [-0.05, 0) is 52.4 Å². The van der Waals surface area contributed by atoms with E-state index in [9.17, 15) is 22.4 Å². The van der Waals surface area contributed by atoms with E-state index in [1.165, 1.54) is 6.07 Å².